The standard InChI is InChI=1S/C23H20BrN3O3S/c1-23(2,3)14-8-4-6-10-17(14)30-20-16(12-13-19(24)26-20)27(22(28)29)21-25-15-9-5-7-11-18(15)31-21/h4-13H,1-3H3,(H,28,29). The molecular weight excluding hydrogens is 478 g/mol. The van der Waals surface area contributed by atoms with Gasteiger partial charge in [-0.1, -0.05) is 62.4 Å². The van der Waals surface area contributed by atoms with E-state index in [1.54, 1.807) is 12.1 Å². The molecular formula is C23H20BrN3O3S. The lowest BCUT2D eigenvalue weighted by Crippen LogP contribution is -2.24. The van der Waals surface area contributed by atoms with Crippen molar-refractivity contribution in [3.63, 3.8) is 0 Å². The highest BCUT2D eigenvalue weighted by Crippen LogP contribution is 2.41. The van der Waals surface area contributed by atoms with Crippen molar-refractivity contribution in [3.8, 4) is 11.6 Å². The van der Waals surface area contributed by atoms with E-state index in [-0.39, 0.29) is 11.3 Å². The van der Waals surface area contributed by atoms with Crippen molar-refractivity contribution in [3.05, 3.63) is 70.8 Å². The second kappa shape index (κ2) is 8.28. The first-order valence-corrected chi connectivity index (χ1v) is 11.2. The fraction of sp³-hybridized carbons (Fsp3) is 0.174. The summed E-state index contributed by atoms with van der Waals surface area (Å²) in [6.07, 6.45) is -1.17. The van der Waals surface area contributed by atoms with Crippen LogP contribution in [-0.2, 0) is 5.41 Å². The van der Waals surface area contributed by atoms with Gasteiger partial charge in [0.1, 0.15) is 16.0 Å². The number of ether oxygens (including phenoxy) is 1. The van der Waals surface area contributed by atoms with Crippen LogP contribution in [0.2, 0.25) is 0 Å². The molecule has 0 saturated carbocycles. The van der Waals surface area contributed by atoms with Crippen LogP contribution in [0.3, 0.4) is 0 Å². The van der Waals surface area contributed by atoms with Crippen molar-refractivity contribution in [2.24, 2.45) is 0 Å². The van der Waals surface area contributed by atoms with E-state index in [2.05, 4.69) is 46.7 Å². The van der Waals surface area contributed by atoms with Gasteiger partial charge < -0.3 is 9.84 Å². The van der Waals surface area contributed by atoms with Crippen LogP contribution in [0, 0.1) is 0 Å². The highest BCUT2D eigenvalue weighted by Gasteiger charge is 2.27. The van der Waals surface area contributed by atoms with E-state index in [0.717, 1.165) is 20.7 Å². The second-order valence-corrected chi connectivity index (χ2v) is 9.71. The van der Waals surface area contributed by atoms with Crippen LogP contribution in [0.4, 0.5) is 15.6 Å². The molecule has 0 spiro atoms. The van der Waals surface area contributed by atoms with Crippen LogP contribution in [-0.4, -0.2) is 21.2 Å². The number of halogens is 1. The minimum Gasteiger partial charge on any atom is -0.464 e. The molecule has 0 aliphatic heterocycles. The van der Waals surface area contributed by atoms with E-state index in [0.29, 0.717) is 21.2 Å². The highest BCUT2D eigenvalue weighted by atomic mass is 79.9. The largest absolute Gasteiger partial charge is 0.464 e. The van der Waals surface area contributed by atoms with Gasteiger partial charge in [0.15, 0.2) is 0 Å². The first-order chi connectivity index (χ1) is 14.7. The monoisotopic (exact) mass is 497 g/mol. The van der Waals surface area contributed by atoms with Gasteiger partial charge in [-0.3, -0.25) is 0 Å². The number of anilines is 2. The average molecular weight is 498 g/mol. The number of hydrogen-bond donors (Lipinski definition) is 1. The summed E-state index contributed by atoms with van der Waals surface area (Å²) in [5.41, 5.74) is 1.85. The quantitative estimate of drug-likeness (QED) is 0.298. The van der Waals surface area contributed by atoms with E-state index >= 15 is 0 Å². The van der Waals surface area contributed by atoms with E-state index in [9.17, 15) is 9.90 Å². The fourth-order valence-corrected chi connectivity index (χ4v) is 4.45. The fourth-order valence-electron chi connectivity index (χ4n) is 3.18. The Balaban J connectivity index is 1.83. The summed E-state index contributed by atoms with van der Waals surface area (Å²) in [7, 11) is 0. The Hall–Kier alpha value is -2.97. The van der Waals surface area contributed by atoms with Crippen LogP contribution < -0.4 is 9.64 Å². The van der Waals surface area contributed by atoms with Gasteiger partial charge in [0.25, 0.3) is 0 Å². The Labute approximate surface area is 192 Å². The molecule has 1 N–H and O–H groups in total. The number of thiazole rings is 1. The zero-order valence-electron chi connectivity index (χ0n) is 17.2. The molecule has 4 aromatic rings. The zero-order valence-corrected chi connectivity index (χ0v) is 19.6. The van der Waals surface area contributed by atoms with E-state index in [1.165, 1.54) is 11.3 Å². The lowest BCUT2D eigenvalue weighted by Gasteiger charge is -2.24. The van der Waals surface area contributed by atoms with E-state index in [4.69, 9.17) is 4.74 Å². The van der Waals surface area contributed by atoms with E-state index < -0.39 is 6.09 Å². The summed E-state index contributed by atoms with van der Waals surface area (Å²) in [4.78, 5) is 22.3. The van der Waals surface area contributed by atoms with Gasteiger partial charge in [0.05, 0.1) is 10.2 Å². The maximum absolute atomic E-state index is 12.3. The van der Waals surface area contributed by atoms with E-state index in [1.807, 2.05) is 48.5 Å². The van der Waals surface area contributed by atoms with Crippen molar-refractivity contribution in [1.82, 2.24) is 9.97 Å². The molecule has 31 heavy (non-hydrogen) atoms. The molecule has 0 saturated heterocycles. The summed E-state index contributed by atoms with van der Waals surface area (Å²) in [6, 6.07) is 18.6. The number of rotatable bonds is 4. The van der Waals surface area contributed by atoms with Crippen LogP contribution >= 0.6 is 27.3 Å². The summed E-state index contributed by atoms with van der Waals surface area (Å²) in [6.45, 7) is 6.28. The number of nitrogens with zero attached hydrogens (tertiary/aromatic N) is 3. The summed E-state index contributed by atoms with van der Waals surface area (Å²) >= 11 is 4.66. The van der Waals surface area contributed by atoms with Crippen molar-refractivity contribution >= 4 is 54.4 Å². The minimum absolute atomic E-state index is 0.164. The Morgan fingerprint density at radius 3 is 2.45 bits per heavy atom. The third-order valence-electron chi connectivity index (χ3n) is 4.61. The molecule has 0 unspecified atom stereocenters. The normalized spacial score (nSPS) is 11.5. The molecule has 2 aromatic carbocycles. The van der Waals surface area contributed by atoms with Gasteiger partial charge in [-0.2, -0.15) is 0 Å². The lowest BCUT2D eigenvalue weighted by atomic mass is 9.86. The number of aromatic nitrogens is 2. The van der Waals surface area contributed by atoms with Crippen molar-refractivity contribution in [2.45, 2.75) is 26.2 Å². The summed E-state index contributed by atoms with van der Waals surface area (Å²) in [5.74, 6) is 0.796. The molecule has 0 aliphatic carbocycles. The van der Waals surface area contributed by atoms with Crippen LogP contribution in [0.1, 0.15) is 26.3 Å². The molecule has 6 nitrogen and oxygen atoms in total. The third-order valence-corrected chi connectivity index (χ3v) is 6.08. The first-order valence-electron chi connectivity index (χ1n) is 9.56. The van der Waals surface area contributed by atoms with Gasteiger partial charge in [-0.25, -0.2) is 19.7 Å². The molecule has 2 heterocycles. The average Bonchev–Trinajstić information content (AvgIpc) is 3.12. The third kappa shape index (κ3) is 4.40. The number of benzene rings is 2. The predicted octanol–water partition coefficient (Wildman–Crippen LogP) is 7.36. The predicted molar refractivity (Wildman–Crippen MR) is 127 cm³/mol. The van der Waals surface area contributed by atoms with Gasteiger partial charge >= 0.3 is 6.09 Å². The summed E-state index contributed by atoms with van der Waals surface area (Å²) < 4.78 is 7.64. The molecule has 1 amide bonds. The smallest absolute Gasteiger partial charge is 0.418 e. The van der Waals surface area contributed by atoms with Crippen molar-refractivity contribution < 1.29 is 14.6 Å². The number of carbonyl (C=O) groups is 1. The summed E-state index contributed by atoms with van der Waals surface area (Å²) in [5, 5.41) is 10.4. The van der Waals surface area contributed by atoms with Crippen molar-refractivity contribution in [1.29, 1.82) is 0 Å². The number of hydrogen-bond acceptors (Lipinski definition) is 5. The number of fused-ring (bicyclic) bond motifs is 1. The maximum atomic E-state index is 12.3. The van der Waals surface area contributed by atoms with Crippen LogP contribution in [0.5, 0.6) is 11.6 Å². The molecule has 0 radical (unpaired) electrons. The Morgan fingerprint density at radius 2 is 1.74 bits per heavy atom. The molecule has 0 bridgehead atoms. The Bertz CT molecular complexity index is 1230. The van der Waals surface area contributed by atoms with Gasteiger partial charge in [0.2, 0.25) is 11.0 Å². The number of pyridine rings is 1. The highest BCUT2D eigenvalue weighted by molar-refractivity contribution is 9.10. The van der Waals surface area contributed by atoms with Gasteiger partial charge in [-0.05, 0) is 51.7 Å². The molecule has 0 fully saturated rings. The maximum Gasteiger partial charge on any atom is 0.418 e. The van der Waals surface area contributed by atoms with Gasteiger partial charge in [-0.15, -0.1) is 0 Å². The van der Waals surface area contributed by atoms with Gasteiger partial charge in [0, 0.05) is 5.56 Å². The van der Waals surface area contributed by atoms with Crippen molar-refractivity contribution in [2.75, 3.05) is 4.90 Å². The number of carboxylic acid groups (broad SMARTS) is 1. The Kier molecular flexibility index (Phi) is 5.68. The molecule has 8 heteroatoms. The molecule has 4 rings (SSSR count). The lowest BCUT2D eigenvalue weighted by molar-refractivity contribution is 0.204. The molecule has 158 valence electrons. The Morgan fingerprint density at radius 1 is 1.03 bits per heavy atom. The first kappa shape index (κ1) is 21.3. The SMILES string of the molecule is CC(C)(C)c1ccccc1Oc1nc(Br)ccc1N(C(=O)O)c1nc2ccccc2s1. The second-order valence-electron chi connectivity index (χ2n) is 7.89. The van der Waals surface area contributed by atoms with Crippen LogP contribution in [0.25, 0.3) is 10.2 Å². The molecule has 0 atom stereocenters. The number of amides is 1. The zero-order chi connectivity index (χ0) is 22.2. The van der Waals surface area contributed by atoms with Crippen LogP contribution in [0.15, 0.2) is 65.3 Å². The molecule has 0 aliphatic rings. The molecule has 2 aromatic heterocycles. The number of para-hydroxylation sites is 2. The topological polar surface area (TPSA) is 75.5 Å². The minimum atomic E-state index is -1.17.